The van der Waals surface area contributed by atoms with E-state index in [1.54, 1.807) is 0 Å². The van der Waals surface area contributed by atoms with Crippen molar-refractivity contribution in [3.8, 4) is 0 Å². The highest BCUT2D eigenvalue weighted by molar-refractivity contribution is 5.93. The largest absolute Gasteiger partial charge is 0.295 e. The van der Waals surface area contributed by atoms with Gasteiger partial charge in [0.2, 0.25) is 0 Å². The van der Waals surface area contributed by atoms with Crippen LogP contribution in [-0.4, -0.2) is 5.78 Å². The van der Waals surface area contributed by atoms with Crippen molar-refractivity contribution in [2.24, 2.45) is 11.8 Å². The van der Waals surface area contributed by atoms with E-state index in [1.807, 2.05) is 6.92 Å². The molecule has 1 aliphatic carbocycles. The standard InChI is InChI=1S/C14H20O/c1-5-11(8-7-10(3)4)12-9-13(12)14(15)6-2/h5-6,12-13H,2-3,7-9H2,1,4H3. The van der Waals surface area contributed by atoms with Crippen LogP contribution in [0.4, 0.5) is 0 Å². The third-order valence-electron chi connectivity index (χ3n) is 3.04. The van der Waals surface area contributed by atoms with Crippen molar-refractivity contribution < 1.29 is 4.79 Å². The van der Waals surface area contributed by atoms with Crippen molar-refractivity contribution in [3.05, 3.63) is 36.5 Å². The van der Waals surface area contributed by atoms with E-state index in [0.29, 0.717) is 5.92 Å². The van der Waals surface area contributed by atoms with Crippen molar-refractivity contribution in [1.82, 2.24) is 0 Å². The molecule has 0 radical (unpaired) electrons. The van der Waals surface area contributed by atoms with Gasteiger partial charge < -0.3 is 0 Å². The number of carbonyl (C=O) groups is 1. The molecule has 0 saturated heterocycles. The lowest BCUT2D eigenvalue weighted by Gasteiger charge is -2.05. The lowest BCUT2D eigenvalue weighted by atomic mass is 10.0. The molecule has 0 spiro atoms. The Morgan fingerprint density at radius 2 is 2.07 bits per heavy atom. The fourth-order valence-corrected chi connectivity index (χ4v) is 1.97. The van der Waals surface area contributed by atoms with Crippen LogP contribution in [0.2, 0.25) is 0 Å². The molecule has 2 unspecified atom stereocenters. The Kier molecular flexibility index (Phi) is 4.07. The summed E-state index contributed by atoms with van der Waals surface area (Å²) in [6.45, 7) is 11.5. The van der Waals surface area contributed by atoms with Gasteiger partial charge in [-0.05, 0) is 45.1 Å². The van der Waals surface area contributed by atoms with Gasteiger partial charge in [-0.1, -0.05) is 23.8 Å². The van der Waals surface area contributed by atoms with Crippen molar-refractivity contribution in [2.75, 3.05) is 0 Å². The Balaban J connectivity index is 2.46. The zero-order valence-electron chi connectivity index (χ0n) is 9.75. The molecule has 0 bridgehead atoms. The van der Waals surface area contributed by atoms with E-state index in [-0.39, 0.29) is 11.7 Å². The van der Waals surface area contributed by atoms with E-state index in [2.05, 4.69) is 26.2 Å². The van der Waals surface area contributed by atoms with Crippen molar-refractivity contribution >= 4 is 5.78 Å². The third kappa shape index (κ3) is 3.19. The second-order valence-electron chi connectivity index (χ2n) is 4.38. The highest BCUT2D eigenvalue weighted by Crippen LogP contribution is 2.46. The summed E-state index contributed by atoms with van der Waals surface area (Å²) in [5.41, 5.74) is 2.62. The molecule has 82 valence electrons. The minimum absolute atomic E-state index is 0.203. The summed E-state index contributed by atoms with van der Waals surface area (Å²) in [5, 5.41) is 0. The van der Waals surface area contributed by atoms with Crippen LogP contribution in [0.3, 0.4) is 0 Å². The summed E-state index contributed by atoms with van der Waals surface area (Å²) >= 11 is 0. The topological polar surface area (TPSA) is 17.1 Å². The van der Waals surface area contributed by atoms with Gasteiger partial charge in [0.15, 0.2) is 5.78 Å². The Bertz CT molecular complexity index is 309. The lowest BCUT2D eigenvalue weighted by molar-refractivity contribution is -0.115. The first-order valence-corrected chi connectivity index (χ1v) is 5.55. The maximum Gasteiger partial charge on any atom is 0.158 e. The van der Waals surface area contributed by atoms with E-state index in [0.717, 1.165) is 19.3 Å². The molecule has 15 heavy (non-hydrogen) atoms. The summed E-state index contributed by atoms with van der Waals surface area (Å²) in [4.78, 5) is 11.4. The van der Waals surface area contributed by atoms with Crippen LogP contribution in [0.1, 0.15) is 33.1 Å². The van der Waals surface area contributed by atoms with Gasteiger partial charge in [0.1, 0.15) is 0 Å². The van der Waals surface area contributed by atoms with E-state index in [1.165, 1.54) is 17.2 Å². The average Bonchev–Trinajstić information content (AvgIpc) is 2.97. The van der Waals surface area contributed by atoms with Crippen LogP contribution in [0, 0.1) is 11.8 Å². The average molecular weight is 204 g/mol. The number of ketones is 1. The van der Waals surface area contributed by atoms with Crippen LogP contribution < -0.4 is 0 Å². The van der Waals surface area contributed by atoms with Crippen LogP contribution in [0.5, 0.6) is 0 Å². The zero-order valence-corrected chi connectivity index (χ0v) is 9.75. The molecule has 0 aromatic carbocycles. The highest BCUT2D eigenvalue weighted by Gasteiger charge is 2.42. The van der Waals surface area contributed by atoms with Crippen molar-refractivity contribution in [3.63, 3.8) is 0 Å². The van der Waals surface area contributed by atoms with Gasteiger partial charge in [-0.2, -0.15) is 0 Å². The van der Waals surface area contributed by atoms with E-state index < -0.39 is 0 Å². The van der Waals surface area contributed by atoms with Crippen LogP contribution in [-0.2, 0) is 4.79 Å². The molecule has 0 amide bonds. The molecule has 1 aliphatic rings. The number of carbonyl (C=O) groups excluding carboxylic acids is 1. The quantitative estimate of drug-likeness (QED) is 0.476. The van der Waals surface area contributed by atoms with Gasteiger partial charge in [0.25, 0.3) is 0 Å². The number of hydrogen-bond acceptors (Lipinski definition) is 1. The normalized spacial score (nSPS) is 24.8. The second-order valence-corrected chi connectivity index (χ2v) is 4.38. The van der Waals surface area contributed by atoms with Gasteiger partial charge in [-0.25, -0.2) is 0 Å². The highest BCUT2D eigenvalue weighted by atomic mass is 16.1. The van der Waals surface area contributed by atoms with E-state index in [4.69, 9.17) is 0 Å². The van der Waals surface area contributed by atoms with Gasteiger partial charge in [0, 0.05) is 5.92 Å². The van der Waals surface area contributed by atoms with E-state index >= 15 is 0 Å². The third-order valence-corrected chi connectivity index (χ3v) is 3.04. The SMILES string of the molecule is C=CC(=O)C1CC1C(=CC)CCC(=C)C. The van der Waals surface area contributed by atoms with Gasteiger partial charge in [0.05, 0.1) is 0 Å². The predicted molar refractivity (Wildman–Crippen MR) is 64.6 cm³/mol. The summed E-state index contributed by atoms with van der Waals surface area (Å²) in [5.74, 6) is 0.911. The first-order chi connectivity index (χ1) is 7.10. The minimum Gasteiger partial charge on any atom is -0.295 e. The Hall–Kier alpha value is -1.11. The maximum absolute atomic E-state index is 11.4. The van der Waals surface area contributed by atoms with Crippen LogP contribution in [0.15, 0.2) is 36.5 Å². The molecule has 0 aromatic heterocycles. The monoisotopic (exact) mass is 204 g/mol. The Morgan fingerprint density at radius 1 is 1.40 bits per heavy atom. The summed E-state index contributed by atoms with van der Waals surface area (Å²) in [6.07, 6.45) is 6.71. The molecule has 1 fully saturated rings. The predicted octanol–water partition coefficient (Wildman–Crippen LogP) is 3.68. The molecule has 1 nitrogen and oxygen atoms in total. The fraction of sp³-hybridized carbons (Fsp3) is 0.500. The van der Waals surface area contributed by atoms with Crippen molar-refractivity contribution in [1.29, 1.82) is 0 Å². The molecule has 1 heteroatoms. The van der Waals surface area contributed by atoms with Gasteiger partial charge in [-0.15, -0.1) is 6.58 Å². The van der Waals surface area contributed by atoms with E-state index in [9.17, 15) is 4.79 Å². The molecule has 0 aliphatic heterocycles. The van der Waals surface area contributed by atoms with Crippen LogP contribution >= 0.6 is 0 Å². The molecule has 0 aromatic rings. The number of hydrogen-bond donors (Lipinski definition) is 0. The zero-order chi connectivity index (χ0) is 11.4. The summed E-state index contributed by atoms with van der Waals surface area (Å²) < 4.78 is 0. The lowest BCUT2D eigenvalue weighted by Crippen LogP contribution is -1.99. The molecular formula is C14H20O. The maximum atomic E-state index is 11.4. The van der Waals surface area contributed by atoms with Gasteiger partial charge >= 0.3 is 0 Å². The molecular weight excluding hydrogens is 184 g/mol. The minimum atomic E-state index is 0.203. The molecule has 1 saturated carbocycles. The molecule has 0 heterocycles. The Labute approximate surface area is 92.6 Å². The molecule has 1 rings (SSSR count). The fourth-order valence-electron chi connectivity index (χ4n) is 1.97. The summed E-state index contributed by atoms with van der Waals surface area (Å²) in [6, 6.07) is 0. The first-order valence-electron chi connectivity index (χ1n) is 5.55. The second kappa shape index (κ2) is 5.11. The molecule has 2 atom stereocenters. The smallest absolute Gasteiger partial charge is 0.158 e. The van der Waals surface area contributed by atoms with Gasteiger partial charge in [-0.3, -0.25) is 4.79 Å². The first kappa shape index (κ1) is 12.0. The number of allylic oxidation sites excluding steroid dienone is 4. The van der Waals surface area contributed by atoms with Crippen molar-refractivity contribution in [2.45, 2.75) is 33.1 Å². The van der Waals surface area contributed by atoms with Crippen LogP contribution in [0.25, 0.3) is 0 Å². The molecule has 0 N–H and O–H groups in total. The Morgan fingerprint density at radius 3 is 2.53 bits per heavy atom. The number of rotatable bonds is 6. The summed E-state index contributed by atoms with van der Waals surface area (Å²) in [7, 11) is 0.